The van der Waals surface area contributed by atoms with Crippen LogP contribution in [0.15, 0.2) is 0 Å². The van der Waals surface area contributed by atoms with Gasteiger partial charge in [0.05, 0.1) is 6.61 Å². The summed E-state index contributed by atoms with van der Waals surface area (Å²) in [5, 5.41) is 9.25. The average Bonchev–Trinajstić information content (AvgIpc) is 2.26. The molecule has 0 aromatic rings. The van der Waals surface area contributed by atoms with Gasteiger partial charge in [-0.1, -0.05) is 27.7 Å². The Bertz CT molecular complexity index is 207. The van der Waals surface area contributed by atoms with Gasteiger partial charge in [-0.25, -0.2) is 0 Å². The van der Waals surface area contributed by atoms with E-state index in [0.717, 1.165) is 25.8 Å². The standard InChI is InChI=1S/C14H32N2O/c1-7-14(15,11-17)9-8-10-16(6)12(2)13(3,4)5/h12,17H,7-11,15H2,1-6H3. The molecule has 0 aliphatic rings. The van der Waals surface area contributed by atoms with Crippen molar-refractivity contribution in [3.8, 4) is 0 Å². The number of nitrogens with two attached hydrogens (primary N) is 1. The maximum atomic E-state index is 9.25. The first-order valence-corrected chi connectivity index (χ1v) is 6.76. The Morgan fingerprint density at radius 2 is 1.82 bits per heavy atom. The van der Waals surface area contributed by atoms with Crippen LogP contribution >= 0.6 is 0 Å². The second-order valence-corrected chi connectivity index (χ2v) is 6.50. The fourth-order valence-corrected chi connectivity index (χ4v) is 1.90. The molecule has 0 saturated carbocycles. The van der Waals surface area contributed by atoms with Crippen molar-refractivity contribution >= 4 is 0 Å². The Hall–Kier alpha value is -0.120. The van der Waals surface area contributed by atoms with Gasteiger partial charge in [-0.2, -0.15) is 0 Å². The fourth-order valence-electron chi connectivity index (χ4n) is 1.90. The smallest absolute Gasteiger partial charge is 0.0611 e. The van der Waals surface area contributed by atoms with Gasteiger partial charge in [0.1, 0.15) is 0 Å². The van der Waals surface area contributed by atoms with Gasteiger partial charge in [-0.3, -0.25) is 0 Å². The largest absolute Gasteiger partial charge is 0.394 e. The summed E-state index contributed by atoms with van der Waals surface area (Å²) in [6, 6.07) is 0.547. The highest BCUT2D eigenvalue weighted by atomic mass is 16.3. The SMILES string of the molecule is CCC(N)(CO)CCCN(C)C(C)C(C)(C)C. The van der Waals surface area contributed by atoms with Gasteiger partial charge in [0.25, 0.3) is 0 Å². The van der Waals surface area contributed by atoms with Crippen molar-refractivity contribution in [2.24, 2.45) is 11.1 Å². The minimum absolute atomic E-state index is 0.0854. The molecule has 17 heavy (non-hydrogen) atoms. The third-order valence-corrected chi connectivity index (χ3v) is 4.12. The Kier molecular flexibility index (Phi) is 6.67. The molecule has 0 fully saturated rings. The van der Waals surface area contributed by atoms with E-state index in [0.29, 0.717) is 11.5 Å². The van der Waals surface area contributed by atoms with E-state index >= 15 is 0 Å². The predicted octanol–water partition coefficient (Wildman–Crippen LogP) is 2.23. The van der Waals surface area contributed by atoms with E-state index in [2.05, 4.69) is 39.6 Å². The quantitative estimate of drug-likeness (QED) is 0.722. The van der Waals surface area contributed by atoms with Crippen LogP contribution in [-0.4, -0.2) is 41.8 Å². The van der Waals surface area contributed by atoms with Crippen molar-refractivity contribution < 1.29 is 5.11 Å². The Morgan fingerprint density at radius 1 is 1.29 bits per heavy atom. The Morgan fingerprint density at radius 3 is 2.18 bits per heavy atom. The van der Waals surface area contributed by atoms with E-state index in [1.54, 1.807) is 0 Å². The van der Waals surface area contributed by atoms with E-state index in [9.17, 15) is 5.11 Å². The molecule has 0 aromatic carbocycles. The summed E-state index contributed by atoms with van der Waals surface area (Å²) >= 11 is 0. The van der Waals surface area contributed by atoms with Gasteiger partial charge in [0.15, 0.2) is 0 Å². The van der Waals surface area contributed by atoms with Gasteiger partial charge in [0.2, 0.25) is 0 Å². The summed E-state index contributed by atoms with van der Waals surface area (Å²) in [5.74, 6) is 0. The van der Waals surface area contributed by atoms with Crippen LogP contribution < -0.4 is 5.73 Å². The molecule has 0 aliphatic carbocycles. The maximum absolute atomic E-state index is 9.25. The molecule has 0 aromatic heterocycles. The number of aliphatic hydroxyl groups is 1. The summed E-state index contributed by atoms with van der Waals surface area (Å²) in [5.41, 5.74) is 5.99. The van der Waals surface area contributed by atoms with Crippen LogP contribution in [0.1, 0.15) is 53.9 Å². The second kappa shape index (κ2) is 6.72. The Balaban J connectivity index is 4.05. The van der Waals surface area contributed by atoms with Crippen LogP contribution in [0.5, 0.6) is 0 Å². The summed E-state index contributed by atoms with van der Waals surface area (Å²) in [4.78, 5) is 2.38. The lowest BCUT2D eigenvalue weighted by Crippen LogP contribution is -2.44. The molecule has 0 saturated heterocycles. The van der Waals surface area contributed by atoms with Crippen molar-refractivity contribution in [3.05, 3.63) is 0 Å². The third kappa shape index (κ3) is 5.84. The summed E-state index contributed by atoms with van der Waals surface area (Å²) in [6.07, 6.45) is 2.77. The van der Waals surface area contributed by atoms with Crippen LogP contribution in [-0.2, 0) is 0 Å². The molecule has 3 nitrogen and oxygen atoms in total. The number of rotatable bonds is 7. The topological polar surface area (TPSA) is 49.5 Å². The van der Waals surface area contributed by atoms with Gasteiger partial charge < -0.3 is 15.7 Å². The van der Waals surface area contributed by atoms with Crippen LogP contribution in [0.4, 0.5) is 0 Å². The number of hydrogen-bond donors (Lipinski definition) is 2. The van der Waals surface area contributed by atoms with Crippen LogP contribution in [0, 0.1) is 5.41 Å². The van der Waals surface area contributed by atoms with Gasteiger partial charge in [-0.15, -0.1) is 0 Å². The first kappa shape index (κ1) is 16.9. The molecule has 0 radical (unpaired) electrons. The highest BCUT2D eigenvalue weighted by molar-refractivity contribution is 4.83. The number of aliphatic hydroxyl groups excluding tert-OH is 1. The van der Waals surface area contributed by atoms with Gasteiger partial charge in [0, 0.05) is 11.6 Å². The van der Waals surface area contributed by atoms with E-state index in [1.165, 1.54) is 0 Å². The molecule has 104 valence electrons. The van der Waals surface area contributed by atoms with E-state index in [4.69, 9.17) is 5.73 Å². The normalized spacial score (nSPS) is 18.2. The lowest BCUT2D eigenvalue weighted by molar-refractivity contribution is 0.128. The van der Waals surface area contributed by atoms with E-state index in [1.807, 2.05) is 6.92 Å². The monoisotopic (exact) mass is 244 g/mol. The van der Waals surface area contributed by atoms with E-state index < -0.39 is 0 Å². The molecular weight excluding hydrogens is 212 g/mol. The first-order valence-electron chi connectivity index (χ1n) is 6.76. The molecule has 0 aliphatic heterocycles. The molecule has 2 atom stereocenters. The van der Waals surface area contributed by atoms with Crippen molar-refractivity contribution in [2.45, 2.75) is 65.5 Å². The Labute approximate surface area is 107 Å². The molecule has 3 heteroatoms. The lowest BCUT2D eigenvalue weighted by atomic mass is 9.86. The van der Waals surface area contributed by atoms with Crippen LogP contribution in [0.3, 0.4) is 0 Å². The summed E-state index contributed by atoms with van der Waals surface area (Å²) in [7, 11) is 2.17. The number of hydrogen-bond acceptors (Lipinski definition) is 3. The zero-order chi connectivity index (χ0) is 13.7. The minimum atomic E-state index is -0.383. The highest BCUT2D eigenvalue weighted by Gasteiger charge is 2.25. The lowest BCUT2D eigenvalue weighted by Gasteiger charge is -2.36. The zero-order valence-electron chi connectivity index (χ0n) is 12.6. The third-order valence-electron chi connectivity index (χ3n) is 4.12. The van der Waals surface area contributed by atoms with Crippen LogP contribution in [0.2, 0.25) is 0 Å². The van der Waals surface area contributed by atoms with Gasteiger partial charge >= 0.3 is 0 Å². The van der Waals surface area contributed by atoms with Crippen molar-refractivity contribution in [1.82, 2.24) is 4.90 Å². The predicted molar refractivity (Wildman–Crippen MR) is 75.1 cm³/mol. The molecule has 0 rings (SSSR count). The highest BCUT2D eigenvalue weighted by Crippen LogP contribution is 2.23. The molecule has 0 amide bonds. The molecule has 0 spiro atoms. The minimum Gasteiger partial charge on any atom is -0.394 e. The first-order chi connectivity index (χ1) is 7.66. The number of nitrogens with zero attached hydrogens (tertiary/aromatic N) is 1. The van der Waals surface area contributed by atoms with Gasteiger partial charge in [-0.05, 0) is 45.2 Å². The molecule has 3 N–H and O–H groups in total. The molecular formula is C14H32N2O. The second-order valence-electron chi connectivity index (χ2n) is 6.50. The summed E-state index contributed by atoms with van der Waals surface area (Å²) < 4.78 is 0. The van der Waals surface area contributed by atoms with Crippen LogP contribution in [0.25, 0.3) is 0 Å². The zero-order valence-corrected chi connectivity index (χ0v) is 12.6. The maximum Gasteiger partial charge on any atom is 0.0611 e. The average molecular weight is 244 g/mol. The molecule has 2 unspecified atom stereocenters. The summed E-state index contributed by atoms with van der Waals surface area (Å²) in [6.45, 7) is 12.2. The van der Waals surface area contributed by atoms with Crippen molar-refractivity contribution in [2.75, 3.05) is 20.2 Å². The van der Waals surface area contributed by atoms with E-state index in [-0.39, 0.29) is 12.1 Å². The molecule has 0 heterocycles. The molecule has 0 bridgehead atoms. The van der Waals surface area contributed by atoms with Crippen molar-refractivity contribution in [3.63, 3.8) is 0 Å². The van der Waals surface area contributed by atoms with Crippen molar-refractivity contribution in [1.29, 1.82) is 0 Å². The fraction of sp³-hybridized carbons (Fsp3) is 1.00.